The van der Waals surface area contributed by atoms with Crippen molar-refractivity contribution < 1.29 is 45.0 Å². The number of hydrogen-bond acceptors (Lipinski definition) is 2. The maximum atomic E-state index is 13.5. The number of aryl methyl sites for hydroxylation is 8. The van der Waals surface area contributed by atoms with Crippen molar-refractivity contribution in [3.63, 3.8) is 0 Å². The molecule has 0 unspecified atom stereocenters. The molecule has 5 aromatic carbocycles. The molecule has 0 fully saturated rings. The Balaban J connectivity index is 0.000000233. The molecule has 0 saturated carbocycles. The van der Waals surface area contributed by atoms with Crippen LogP contribution in [0.2, 0.25) is 0 Å². The van der Waals surface area contributed by atoms with Crippen LogP contribution in [0.4, 0.5) is 27.6 Å². The second-order valence-electron chi connectivity index (χ2n) is 15.3. The largest absolute Gasteiger partial charge is 0.665 e. The van der Waals surface area contributed by atoms with Crippen LogP contribution in [0.5, 0.6) is 5.75 Å². The number of rotatable bonds is 10. The molecule has 6 aromatic rings. The number of nitrogens with zero attached hydrogens (tertiary/aromatic N) is 2. The Morgan fingerprint density at radius 2 is 1.02 bits per heavy atom. The van der Waals surface area contributed by atoms with E-state index >= 15 is 0 Å². The number of hydrogen-bond donors (Lipinski definition) is 1. The Hall–Kier alpha value is -4.81. The van der Waals surface area contributed by atoms with E-state index in [-0.39, 0.29) is 0 Å². The van der Waals surface area contributed by atoms with E-state index in [1.165, 1.54) is 44.5 Å². The van der Waals surface area contributed by atoms with Gasteiger partial charge < -0.3 is 10.1 Å². The van der Waals surface area contributed by atoms with Gasteiger partial charge in [-0.15, -0.1) is 0 Å². The maximum absolute atomic E-state index is 13.5. The summed E-state index contributed by atoms with van der Waals surface area (Å²) in [5, 5.41) is 11.6. The van der Waals surface area contributed by atoms with Gasteiger partial charge in [0.1, 0.15) is 5.75 Å². The first-order valence-corrected chi connectivity index (χ1v) is 22.5. The zero-order valence-electron chi connectivity index (χ0n) is 36.3. The minimum atomic E-state index is -2.17. The van der Waals surface area contributed by atoms with Gasteiger partial charge >= 0.3 is 138 Å². The molecular formula is C51H56F5MoN2O-. The van der Waals surface area contributed by atoms with Gasteiger partial charge in [0.05, 0.1) is 0 Å². The van der Waals surface area contributed by atoms with Crippen molar-refractivity contribution in [1.29, 1.82) is 0 Å². The summed E-state index contributed by atoms with van der Waals surface area (Å²) in [6.45, 7) is 21.0. The topological polar surface area (TPSA) is 46.7 Å². The van der Waals surface area contributed by atoms with Crippen LogP contribution >= 0.6 is 0 Å². The first-order valence-electron chi connectivity index (χ1n) is 20.5. The molecule has 0 aliphatic heterocycles. The van der Waals surface area contributed by atoms with Gasteiger partial charge in [-0.1, -0.05) is 109 Å². The van der Waals surface area contributed by atoms with Gasteiger partial charge in [0.2, 0.25) is 0 Å². The summed E-state index contributed by atoms with van der Waals surface area (Å²) in [4.78, 5) is 4.11. The third-order valence-corrected chi connectivity index (χ3v) is 12.8. The summed E-state index contributed by atoms with van der Waals surface area (Å²) in [5.41, 5.74) is 14.0. The van der Waals surface area contributed by atoms with Gasteiger partial charge in [-0.05, 0) is 78.0 Å². The van der Waals surface area contributed by atoms with Crippen LogP contribution in [0.3, 0.4) is 0 Å². The molecule has 1 N–H and O–H groups in total. The van der Waals surface area contributed by atoms with Crippen molar-refractivity contribution in [3.8, 4) is 28.0 Å². The fraction of sp³-hybridized carbons (Fsp3) is 0.314. The zero-order chi connectivity index (χ0) is 44.3. The molecule has 6 rings (SSSR count). The van der Waals surface area contributed by atoms with E-state index in [1.807, 2.05) is 70.2 Å². The summed E-state index contributed by atoms with van der Waals surface area (Å²) in [7, 11) is 0. The van der Waals surface area contributed by atoms with Crippen LogP contribution in [-0.4, -0.2) is 9.51 Å². The minimum Gasteiger partial charge on any atom is -0.665 e. The van der Waals surface area contributed by atoms with Gasteiger partial charge in [0, 0.05) is 11.1 Å². The molecule has 0 saturated heterocycles. The number of aromatic nitrogens is 1. The first-order chi connectivity index (χ1) is 28.5. The van der Waals surface area contributed by atoms with Crippen molar-refractivity contribution in [1.82, 2.24) is 4.98 Å². The maximum Gasteiger partial charge on any atom is 0.131 e. The van der Waals surface area contributed by atoms with Crippen molar-refractivity contribution in [2.75, 3.05) is 0 Å². The summed E-state index contributed by atoms with van der Waals surface area (Å²) >= 11 is -1.47. The Bertz CT molecular complexity index is 2390. The molecule has 0 atom stereocenters. The molecule has 0 radical (unpaired) electrons. The van der Waals surface area contributed by atoms with E-state index in [0.29, 0.717) is 5.75 Å². The van der Waals surface area contributed by atoms with Crippen LogP contribution in [0, 0.1) is 49.9 Å². The summed E-state index contributed by atoms with van der Waals surface area (Å²) < 4.78 is 71.7. The van der Waals surface area contributed by atoms with Crippen LogP contribution in [0.15, 0.2) is 88.4 Å². The van der Waals surface area contributed by atoms with Crippen LogP contribution in [0.1, 0.15) is 98.8 Å². The van der Waals surface area contributed by atoms with Gasteiger partial charge in [0.15, 0.2) is 0 Å². The third-order valence-electron chi connectivity index (χ3n) is 10.4. The third kappa shape index (κ3) is 11.3. The van der Waals surface area contributed by atoms with Gasteiger partial charge in [0.25, 0.3) is 0 Å². The summed E-state index contributed by atoms with van der Waals surface area (Å²) in [5.74, 6) is -9.49. The normalized spacial score (nSPS) is 11.0. The number of phenols is 1. The van der Waals surface area contributed by atoms with Crippen molar-refractivity contribution >= 4 is 10.1 Å². The van der Waals surface area contributed by atoms with Crippen LogP contribution < -0.4 is 4.98 Å². The Morgan fingerprint density at radius 3 is 1.42 bits per heavy atom. The van der Waals surface area contributed by atoms with E-state index < -0.39 is 58.1 Å². The molecule has 0 aliphatic carbocycles. The molecule has 3 nitrogen and oxygen atoms in total. The molecule has 9 heteroatoms. The van der Waals surface area contributed by atoms with Crippen molar-refractivity contribution in [3.05, 3.63) is 164 Å². The summed E-state index contributed by atoms with van der Waals surface area (Å²) in [6.07, 6.45) is 4.88. The minimum absolute atomic E-state index is 0.416. The quantitative estimate of drug-likeness (QED) is 0.0644. The standard InChI is InChI=1S/C29H36O.C10H12.C6F5N.C6H8N.Mo/c1-7-20-17-23(10-4)28(24(11-5)18-20)26-14-12-13-25(29(26)30)27-21(8-2)15-19(6)16-22(27)9-3;1-10(2,3)9-7-5-4-6-8-9;7-1-2(8)4(10)6(12)5(11)3(1)9;1-5-3-4-6(2)7-5;/h12-18,30H,7-11H2,1-6H3;1,4-8H,2-3H3;;3-4H,1-2H3;/q;;;-1;. The van der Waals surface area contributed by atoms with E-state index in [4.69, 9.17) is 0 Å². The number of halogens is 5. The van der Waals surface area contributed by atoms with E-state index in [9.17, 15) is 27.1 Å². The zero-order valence-corrected chi connectivity index (χ0v) is 38.3. The van der Waals surface area contributed by atoms with Crippen molar-refractivity contribution in [2.45, 2.75) is 107 Å². The Labute approximate surface area is 361 Å². The smallest absolute Gasteiger partial charge is 0.131 e. The van der Waals surface area contributed by atoms with E-state index in [0.717, 1.165) is 60.2 Å². The molecule has 0 spiro atoms. The summed E-state index contributed by atoms with van der Waals surface area (Å²) in [6, 6.07) is 28.8. The second-order valence-corrected chi connectivity index (χ2v) is 16.8. The SMILES string of the molecule is CC(C)([CH]=[Mo]=[N]c1c(F)c(F)c(F)c(F)c1F)c1ccccc1.CCc1cc(CC)c(-c2cccc(-c3c(CC)cc(C)cc3CC)c2O)c(CC)c1.Cc1ccc(C)[n-]1. The second kappa shape index (κ2) is 21.6. The number of aromatic hydroxyl groups is 1. The Kier molecular flexibility index (Phi) is 17.3. The van der Waals surface area contributed by atoms with E-state index in [1.54, 1.807) is 4.40 Å². The predicted octanol–water partition coefficient (Wildman–Crippen LogP) is 14.2. The Morgan fingerprint density at radius 1 is 0.583 bits per heavy atom. The fourth-order valence-electron chi connectivity index (χ4n) is 7.15. The molecular weight excluding hydrogens is 848 g/mol. The molecule has 1 aromatic heterocycles. The fourth-order valence-corrected chi connectivity index (χ4v) is 8.92. The molecule has 0 aliphatic rings. The number of phenolic OH excluding ortho intramolecular Hbond substituents is 1. The van der Waals surface area contributed by atoms with E-state index in [2.05, 4.69) is 92.5 Å². The average molecular weight is 904 g/mol. The first kappa shape index (κ1) is 47.9. The number of benzene rings is 5. The van der Waals surface area contributed by atoms with Crippen LogP contribution in [-0.2, 0) is 55.4 Å². The molecule has 1 heterocycles. The number of para-hydroxylation sites is 1. The van der Waals surface area contributed by atoms with Gasteiger partial charge in [-0.25, -0.2) is 0 Å². The monoisotopic (exact) mass is 905 g/mol. The molecule has 318 valence electrons. The van der Waals surface area contributed by atoms with Gasteiger partial charge in [-0.3, -0.25) is 0 Å². The predicted molar refractivity (Wildman–Crippen MR) is 234 cm³/mol. The molecule has 60 heavy (non-hydrogen) atoms. The average Bonchev–Trinajstić information content (AvgIpc) is 3.64. The van der Waals surface area contributed by atoms with Crippen molar-refractivity contribution in [2.24, 2.45) is 3.50 Å². The molecule has 0 bridgehead atoms. The molecule has 0 amide bonds. The van der Waals surface area contributed by atoms with Gasteiger partial charge in [-0.2, -0.15) is 11.4 Å². The van der Waals surface area contributed by atoms with Crippen LogP contribution in [0.25, 0.3) is 22.3 Å².